The summed E-state index contributed by atoms with van der Waals surface area (Å²) < 4.78 is 6.53. The third-order valence-electron chi connectivity index (χ3n) is 2.04. The molecule has 1 rings (SSSR count). The minimum absolute atomic E-state index is 0.308. The summed E-state index contributed by atoms with van der Waals surface area (Å²) in [7, 11) is 1.71. The number of ether oxygens (including phenoxy) is 1. The van der Waals surface area contributed by atoms with Gasteiger partial charge in [0.15, 0.2) is 16.6 Å². The number of hydrogen-bond donors (Lipinski definition) is 2. The maximum absolute atomic E-state index is 11.7. The molecule has 98 valence electrons. The maximum Gasteiger partial charge on any atom is 0.358 e. The predicted molar refractivity (Wildman–Crippen MR) is 73.6 cm³/mol. The lowest BCUT2D eigenvalue weighted by atomic mass is 10.4. The lowest BCUT2D eigenvalue weighted by Crippen LogP contribution is -2.29. The van der Waals surface area contributed by atoms with Crippen LogP contribution < -0.4 is 10.6 Å². The second-order valence-corrected chi connectivity index (χ2v) is 3.81. The first-order chi connectivity index (χ1) is 8.60. The molecule has 0 spiro atoms. The lowest BCUT2D eigenvalue weighted by Gasteiger charge is -2.09. The van der Waals surface area contributed by atoms with Gasteiger partial charge in [0, 0.05) is 13.6 Å². The summed E-state index contributed by atoms with van der Waals surface area (Å²) >= 11 is 5.05. The van der Waals surface area contributed by atoms with Gasteiger partial charge in [-0.2, -0.15) is 0 Å². The van der Waals surface area contributed by atoms with Crippen LogP contribution in [0.4, 0.5) is 5.82 Å². The van der Waals surface area contributed by atoms with E-state index in [1.54, 1.807) is 24.6 Å². The first-order valence-electron chi connectivity index (χ1n) is 5.44. The lowest BCUT2D eigenvalue weighted by molar-refractivity contribution is 0.0516. The Kier molecular flexibility index (Phi) is 5.31. The quantitative estimate of drug-likeness (QED) is 0.473. The van der Waals surface area contributed by atoms with Crippen LogP contribution in [-0.4, -0.2) is 33.8 Å². The van der Waals surface area contributed by atoms with Gasteiger partial charge in [-0.3, -0.25) is 0 Å². The largest absolute Gasteiger partial charge is 0.461 e. The van der Waals surface area contributed by atoms with Crippen molar-refractivity contribution >= 4 is 29.1 Å². The minimum Gasteiger partial charge on any atom is -0.461 e. The van der Waals surface area contributed by atoms with E-state index in [0.29, 0.717) is 29.8 Å². The van der Waals surface area contributed by atoms with Crippen molar-refractivity contribution in [3.8, 4) is 0 Å². The fraction of sp³-hybridized carbons (Fsp3) is 0.364. The molecule has 0 aliphatic heterocycles. The standard InChI is InChI=1S/C11H16N4O2S/c1-4-6-12-11(18)14-9-8(10(16)17-5-2)15(3)7-13-9/h4,7H,1,5-6H2,2-3H3,(H2,12,14,18). The highest BCUT2D eigenvalue weighted by molar-refractivity contribution is 7.80. The van der Waals surface area contributed by atoms with Crippen LogP contribution in [0, 0.1) is 0 Å². The van der Waals surface area contributed by atoms with E-state index in [1.165, 1.54) is 6.33 Å². The predicted octanol–water partition coefficient (Wildman–Crippen LogP) is 1.07. The Morgan fingerprint density at radius 1 is 1.72 bits per heavy atom. The second-order valence-electron chi connectivity index (χ2n) is 3.40. The molecule has 0 fully saturated rings. The Hall–Kier alpha value is -1.89. The summed E-state index contributed by atoms with van der Waals surface area (Å²) in [6.45, 7) is 6.16. The second kappa shape index (κ2) is 6.75. The summed E-state index contributed by atoms with van der Waals surface area (Å²) in [5.74, 6) is -0.0657. The van der Waals surface area contributed by atoms with E-state index in [1.807, 2.05) is 0 Å². The van der Waals surface area contributed by atoms with Gasteiger partial charge in [-0.05, 0) is 19.1 Å². The van der Waals surface area contributed by atoms with Crippen LogP contribution in [0.15, 0.2) is 19.0 Å². The number of anilines is 1. The summed E-state index contributed by atoms with van der Waals surface area (Å²) in [6, 6.07) is 0. The van der Waals surface area contributed by atoms with E-state index in [4.69, 9.17) is 17.0 Å². The van der Waals surface area contributed by atoms with Crippen molar-refractivity contribution in [1.82, 2.24) is 14.9 Å². The molecule has 0 atom stereocenters. The molecule has 7 heteroatoms. The molecule has 0 unspecified atom stereocenters. The Balaban J connectivity index is 2.80. The van der Waals surface area contributed by atoms with Crippen LogP contribution in [0.2, 0.25) is 0 Å². The summed E-state index contributed by atoms with van der Waals surface area (Å²) in [4.78, 5) is 15.8. The van der Waals surface area contributed by atoms with Gasteiger partial charge in [0.25, 0.3) is 0 Å². The summed E-state index contributed by atoms with van der Waals surface area (Å²) in [5, 5.41) is 6.11. The molecular formula is C11H16N4O2S. The van der Waals surface area contributed by atoms with Crippen molar-refractivity contribution in [2.45, 2.75) is 6.92 Å². The first kappa shape index (κ1) is 14.2. The Morgan fingerprint density at radius 2 is 2.44 bits per heavy atom. The molecule has 1 aromatic rings. The van der Waals surface area contributed by atoms with Crippen LogP contribution in [0.5, 0.6) is 0 Å². The molecule has 0 saturated carbocycles. The molecule has 18 heavy (non-hydrogen) atoms. The molecule has 0 amide bonds. The van der Waals surface area contributed by atoms with Crippen molar-refractivity contribution in [3.05, 3.63) is 24.7 Å². The van der Waals surface area contributed by atoms with Gasteiger partial charge in [-0.15, -0.1) is 6.58 Å². The van der Waals surface area contributed by atoms with Crippen LogP contribution in [-0.2, 0) is 11.8 Å². The highest BCUT2D eigenvalue weighted by Gasteiger charge is 2.18. The average Bonchev–Trinajstić information content (AvgIpc) is 2.68. The molecule has 2 N–H and O–H groups in total. The fourth-order valence-electron chi connectivity index (χ4n) is 1.28. The molecule has 0 saturated heterocycles. The zero-order valence-corrected chi connectivity index (χ0v) is 11.2. The molecule has 0 aliphatic rings. The fourth-order valence-corrected chi connectivity index (χ4v) is 1.46. The number of nitrogens with zero attached hydrogens (tertiary/aromatic N) is 2. The number of nitrogens with one attached hydrogen (secondary N) is 2. The number of carbonyl (C=O) groups is 1. The third-order valence-corrected chi connectivity index (χ3v) is 2.29. The smallest absolute Gasteiger partial charge is 0.358 e. The van der Waals surface area contributed by atoms with E-state index < -0.39 is 5.97 Å². The molecule has 0 radical (unpaired) electrons. The van der Waals surface area contributed by atoms with Gasteiger partial charge in [-0.1, -0.05) is 6.08 Å². The van der Waals surface area contributed by atoms with Gasteiger partial charge in [0.1, 0.15) is 0 Å². The van der Waals surface area contributed by atoms with E-state index in [-0.39, 0.29) is 0 Å². The number of aryl methyl sites for hydroxylation is 1. The number of rotatable bonds is 5. The van der Waals surface area contributed by atoms with Crippen LogP contribution >= 0.6 is 12.2 Å². The Bertz CT molecular complexity index is 456. The number of hydrogen-bond acceptors (Lipinski definition) is 4. The third kappa shape index (κ3) is 3.56. The van der Waals surface area contributed by atoms with Crippen molar-refractivity contribution < 1.29 is 9.53 Å². The molecule has 6 nitrogen and oxygen atoms in total. The number of imidazole rings is 1. The van der Waals surface area contributed by atoms with E-state index in [2.05, 4.69) is 22.2 Å². The van der Waals surface area contributed by atoms with Gasteiger partial charge in [0.2, 0.25) is 0 Å². The normalized spacial score (nSPS) is 9.67. The van der Waals surface area contributed by atoms with Crippen LogP contribution in [0.25, 0.3) is 0 Å². The monoisotopic (exact) mass is 268 g/mol. The first-order valence-corrected chi connectivity index (χ1v) is 5.85. The molecular weight excluding hydrogens is 252 g/mol. The average molecular weight is 268 g/mol. The minimum atomic E-state index is -0.438. The van der Waals surface area contributed by atoms with Crippen LogP contribution in [0.1, 0.15) is 17.4 Å². The van der Waals surface area contributed by atoms with Crippen molar-refractivity contribution in [2.24, 2.45) is 7.05 Å². The van der Waals surface area contributed by atoms with Crippen molar-refractivity contribution in [1.29, 1.82) is 0 Å². The number of carbonyl (C=O) groups excluding carboxylic acids is 1. The van der Waals surface area contributed by atoms with Crippen LogP contribution in [0.3, 0.4) is 0 Å². The Morgan fingerprint density at radius 3 is 3.06 bits per heavy atom. The van der Waals surface area contributed by atoms with E-state index in [0.717, 1.165) is 0 Å². The van der Waals surface area contributed by atoms with Gasteiger partial charge in [0.05, 0.1) is 12.9 Å². The summed E-state index contributed by atoms with van der Waals surface area (Å²) in [6.07, 6.45) is 3.20. The number of aromatic nitrogens is 2. The van der Waals surface area contributed by atoms with Crippen molar-refractivity contribution in [2.75, 3.05) is 18.5 Å². The number of esters is 1. The molecule has 0 aliphatic carbocycles. The van der Waals surface area contributed by atoms with Gasteiger partial charge < -0.3 is 19.9 Å². The highest BCUT2D eigenvalue weighted by atomic mass is 32.1. The molecule has 0 aromatic carbocycles. The molecule has 0 bridgehead atoms. The van der Waals surface area contributed by atoms with Gasteiger partial charge in [-0.25, -0.2) is 9.78 Å². The highest BCUT2D eigenvalue weighted by Crippen LogP contribution is 2.13. The SMILES string of the molecule is C=CCNC(=S)Nc1ncn(C)c1C(=O)OCC. The van der Waals surface area contributed by atoms with Gasteiger partial charge >= 0.3 is 5.97 Å². The summed E-state index contributed by atoms with van der Waals surface area (Å²) in [5.41, 5.74) is 0.333. The Labute approximate surface area is 111 Å². The number of thiocarbonyl (C=S) groups is 1. The molecule has 1 aromatic heterocycles. The molecule has 1 heterocycles. The maximum atomic E-state index is 11.7. The van der Waals surface area contributed by atoms with E-state index >= 15 is 0 Å². The zero-order chi connectivity index (χ0) is 13.5. The zero-order valence-electron chi connectivity index (χ0n) is 10.4. The van der Waals surface area contributed by atoms with E-state index in [9.17, 15) is 4.79 Å². The topological polar surface area (TPSA) is 68.2 Å². The van der Waals surface area contributed by atoms with Crippen molar-refractivity contribution in [3.63, 3.8) is 0 Å².